The van der Waals surface area contributed by atoms with Gasteiger partial charge in [0.1, 0.15) is 11.5 Å². The number of para-hydroxylation sites is 1. The molecule has 0 bridgehead atoms. The van der Waals surface area contributed by atoms with Crippen molar-refractivity contribution in [1.29, 1.82) is 0 Å². The lowest BCUT2D eigenvalue weighted by molar-refractivity contribution is -0.418. The highest BCUT2D eigenvalue weighted by atomic mass is 16.6. The summed E-state index contributed by atoms with van der Waals surface area (Å²) in [5.74, 6) is 1.14. The third kappa shape index (κ3) is 4.63. The third-order valence-electron chi connectivity index (χ3n) is 2.33. The molecule has 0 aliphatic rings. The quantitative estimate of drug-likeness (QED) is 0.336. The number of ether oxygens (including phenoxy) is 1. The summed E-state index contributed by atoms with van der Waals surface area (Å²) in [7, 11) is 0. The topological polar surface area (TPSA) is 52.4 Å². The molecule has 0 unspecified atom stereocenters. The predicted molar refractivity (Wildman–Crippen MR) is 75.2 cm³/mol. The van der Waals surface area contributed by atoms with Gasteiger partial charge in [-0.15, -0.1) is 0 Å². The monoisotopic (exact) mass is 257 g/mol. The Balaban J connectivity index is 2.95. The van der Waals surface area contributed by atoms with Crippen LogP contribution in [0.3, 0.4) is 0 Å². The Morgan fingerprint density at radius 3 is 2.47 bits per heavy atom. The fourth-order valence-electron chi connectivity index (χ4n) is 1.19. The Morgan fingerprint density at radius 1 is 1.32 bits per heavy atom. The number of benzene rings is 1. The standard InChI is InChI=1S/C15H15NO3/c1-4-12(2)15(11-10-13(3)16(17)18)19-14-8-6-5-7-9-14/h4-11H,1,3H2,2H3/b11-10-,15-12-. The van der Waals surface area contributed by atoms with E-state index in [0.717, 1.165) is 5.57 Å². The lowest BCUT2D eigenvalue weighted by Crippen LogP contribution is -1.97. The first kappa shape index (κ1) is 14.4. The smallest absolute Gasteiger partial charge is 0.262 e. The van der Waals surface area contributed by atoms with E-state index in [2.05, 4.69) is 13.2 Å². The minimum Gasteiger partial charge on any atom is -0.457 e. The summed E-state index contributed by atoms with van der Waals surface area (Å²) in [6, 6.07) is 9.16. The van der Waals surface area contributed by atoms with E-state index in [-0.39, 0.29) is 5.70 Å². The van der Waals surface area contributed by atoms with Crippen molar-refractivity contribution in [3.05, 3.63) is 88.9 Å². The highest BCUT2D eigenvalue weighted by Crippen LogP contribution is 2.17. The minimum atomic E-state index is -0.556. The van der Waals surface area contributed by atoms with Crippen molar-refractivity contribution in [3.63, 3.8) is 0 Å². The van der Waals surface area contributed by atoms with Gasteiger partial charge >= 0.3 is 0 Å². The van der Waals surface area contributed by atoms with Crippen LogP contribution in [-0.4, -0.2) is 4.92 Å². The lowest BCUT2D eigenvalue weighted by Gasteiger charge is -2.08. The molecule has 0 atom stereocenters. The highest BCUT2D eigenvalue weighted by Gasteiger charge is 2.04. The maximum atomic E-state index is 10.5. The van der Waals surface area contributed by atoms with Crippen molar-refractivity contribution in [2.24, 2.45) is 0 Å². The van der Waals surface area contributed by atoms with Gasteiger partial charge in [0.05, 0.1) is 4.92 Å². The Bertz CT molecular complexity index is 542. The second kappa shape index (κ2) is 6.96. The van der Waals surface area contributed by atoms with Gasteiger partial charge in [0.15, 0.2) is 0 Å². The van der Waals surface area contributed by atoms with E-state index in [4.69, 9.17) is 4.74 Å². The van der Waals surface area contributed by atoms with E-state index >= 15 is 0 Å². The Hall–Kier alpha value is -2.62. The Labute approximate surface area is 112 Å². The molecule has 0 aromatic heterocycles. The molecule has 0 heterocycles. The fraction of sp³-hybridized carbons (Fsp3) is 0.0667. The van der Waals surface area contributed by atoms with Crippen LogP contribution in [0.4, 0.5) is 0 Å². The van der Waals surface area contributed by atoms with Crippen molar-refractivity contribution in [2.75, 3.05) is 0 Å². The van der Waals surface area contributed by atoms with E-state index in [0.29, 0.717) is 11.5 Å². The molecule has 0 fully saturated rings. The van der Waals surface area contributed by atoms with Crippen LogP contribution in [0, 0.1) is 10.1 Å². The van der Waals surface area contributed by atoms with E-state index in [1.54, 1.807) is 18.2 Å². The molecule has 0 saturated carbocycles. The molecular formula is C15H15NO3. The first-order valence-electron chi connectivity index (χ1n) is 5.62. The van der Waals surface area contributed by atoms with Gasteiger partial charge in [-0.1, -0.05) is 30.9 Å². The molecule has 4 heteroatoms. The Kier molecular flexibility index (Phi) is 5.29. The summed E-state index contributed by atoms with van der Waals surface area (Å²) in [6.07, 6.45) is 4.43. The normalized spacial score (nSPS) is 11.8. The molecule has 0 spiro atoms. The van der Waals surface area contributed by atoms with Crippen LogP contribution in [0.15, 0.2) is 78.7 Å². The van der Waals surface area contributed by atoms with E-state index in [1.807, 2.05) is 25.1 Å². The molecule has 98 valence electrons. The largest absolute Gasteiger partial charge is 0.457 e. The van der Waals surface area contributed by atoms with Crippen molar-refractivity contribution >= 4 is 0 Å². The van der Waals surface area contributed by atoms with Gasteiger partial charge in [-0.3, -0.25) is 10.1 Å². The van der Waals surface area contributed by atoms with Gasteiger partial charge in [0, 0.05) is 6.08 Å². The molecule has 0 radical (unpaired) electrons. The van der Waals surface area contributed by atoms with Crippen molar-refractivity contribution < 1.29 is 9.66 Å². The average molecular weight is 257 g/mol. The molecular weight excluding hydrogens is 242 g/mol. The van der Waals surface area contributed by atoms with Crippen LogP contribution in [0.2, 0.25) is 0 Å². The van der Waals surface area contributed by atoms with Crippen LogP contribution in [-0.2, 0) is 0 Å². The fourth-order valence-corrected chi connectivity index (χ4v) is 1.19. The maximum Gasteiger partial charge on any atom is 0.262 e. The summed E-state index contributed by atoms with van der Waals surface area (Å²) in [4.78, 5) is 9.93. The van der Waals surface area contributed by atoms with Crippen LogP contribution in [0.1, 0.15) is 6.92 Å². The molecule has 0 aliphatic heterocycles. The summed E-state index contributed by atoms with van der Waals surface area (Å²) in [5, 5.41) is 10.5. The molecule has 1 rings (SSSR count). The molecule has 0 aliphatic carbocycles. The van der Waals surface area contributed by atoms with Gasteiger partial charge in [-0.05, 0) is 37.3 Å². The summed E-state index contributed by atoms with van der Waals surface area (Å²) >= 11 is 0. The van der Waals surface area contributed by atoms with Gasteiger partial charge in [-0.2, -0.15) is 0 Å². The molecule has 4 nitrogen and oxygen atoms in total. The zero-order chi connectivity index (χ0) is 14.3. The molecule has 0 amide bonds. The van der Waals surface area contributed by atoms with Crippen molar-refractivity contribution in [3.8, 4) is 5.75 Å². The summed E-state index contributed by atoms with van der Waals surface area (Å²) in [6.45, 7) is 8.80. The molecule has 0 N–H and O–H groups in total. The van der Waals surface area contributed by atoms with Gasteiger partial charge in [0.25, 0.3) is 5.70 Å². The van der Waals surface area contributed by atoms with Crippen LogP contribution in [0.5, 0.6) is 5.75 Å². The highest BCUT2D eigenvalue weighted by molar-refractivity contribution is 5.33. The van der Waals surface area contributed by atoms with Crippen LogP contribution in [0.25, 0.3) is 0 Å². The molecule has 19 heavy (non-hydrogen) atoms. The number of nitrogens with zero attached hydrogens (tertiary/aromatic N) is 1. The van der Waals surface area contributed by atoms with Gasteiger partial charge in [0.2, 0.25) is 0 Å². The molecule has 0 saturated heterocycles. The van der Waals surface area contributed by atoms with Gasteiger partial charge in [-0.25, -0.2) is 0 Å². The third-order valence-corrected chi connectivity index (χ3v) is 2.33. The number of hydrogen-bond donors (Lipinski definition) is 0. The maximum absolute atomic E-state index is 10.5. The zero-order valence-electron chi connectivity index (χ0n) is 10.7. The lowest BCUT2D eigenvalue weighted by atomic mass is 10.2. The molecule has 1 aromatic rings. The average Bonchev–Trinajstić information content (AvgIpc) is 2.43. The Morgan fingerprint density at radius 2 is 1.95 bits per heavy atom. The second-order valence-corrected chi connectivity index (χ2v) is 3.75. The minimum absolute atomic E-state index is 0.203. The first-order valence-corrected chi connectivity index (χ1v) is 5.62. The number of allylic oxidation sites excluding steroid dienone is 4. The summed E-state index contributed by atoms with van der Waals surface area (Å²) < 4.78 is 5.66. The van der Waals surface area contributed by atoms with Crippen LogP contribution < -0.4 is 4.74 Å². The van der Waals surface area contributed by atoms with E-state index in [1.165, 1.54) is 12.2 Å². The molecule has 1 aromatic carbocycles. The van der Waals surface area contributed by atoms with Crippen LogP contribution >= 0.6 is 0 Å². The number of nitro groups is 1. The van der Waals surface area contributed by atoms with Crippen molar-refractivity contribution in [1.82, 2.24) is 0 Å². The first-order chi connectivity index (χ1) is 9.04. The second-order valence-electron chi connectivity index (χ2n) is 3.75. The number of rotatable bonds is 6. The van der Waals surface area contributed by atoms with E-state index < -0.39 is 4.92 Å². The van der Waals surface area contributed by atoms with E-state index in [9.17, 15) is 10.1 Å². The van der Waals surface area contributed by atoms with Crippen molar-refractivity contribution in [2.45, 2.75) is 6.92 Å². The predicted octanol–water partition coefficient (Wildman–Crippen LogP) is 3.87. The van der Waals surface area contributed by atoms with Gasteiger partial charge < -0.3 is 4.74 Å². The number of hydrogen-bond acceptors (Lipinski definition) is 3. The zero-order valence-corrected chi connectivity index (χ0v) is 10.7. The SMILES string of the molecule is C=C/C(C)=C(/C=C\C(=C)[N+](=O)[O-])Oc1ccccc1. The summed E-state index contributed by atoms with van der Waals surface area (Å²) in [5.41, 5.74) is 0.572.